The zero-order valence-electron chi connectivity index (χ0n) is 13.3. The Labute approximate surface area is 144 Å². The Balaban J connectivity index is 1.74. The summed E-state index contributed by atoms with van der Waals surface area (Å²) < 4.78 is 39.6. The molecule has 0 saturated heterocycles. The van der Waals surface area contributed by atoms with Crippen molar-refractivity contribution in [3.63, 3.8) is 0 Å². The van der Waals surface area contributed by atoms with Gasteiger partial charge in [-0.3, -0.25) is 4.72 Å². The minimum absolute atomic E-state index is 0.0576. The zero-order chi connectivity index (χ0) is 17.9. The van der Waals surface area contributed by atoms with Gasteiger partial charge < -0.3 is 5.32 Å². The van der Waals surface area contributed by atoms with Gasteiger partial charge in [0, 0.05) is 5.69 Å². The van der Waals surface area contributed by atoms with Gasteiger partial charge in [0.05, 0.1) is 4.90 Å². The summed E-state index contributed by atoms with van der Waals surface area (Å²) in [6.07, 6.45) is 0. The molecule has 0 radical (unpaired) electrons. The highest BCUT2D eigenvalue weighted by molar-refractivity contribution is 7.92. The van der Waals surface area contributed by atoms with Crippen LogP contribution in [-0.4, -0.2) is 18.6 Å². The van der Waals surface area contributed by atoms with E-state index in [9.17, 15) is 12.8 Å². The molecule has 0 bridgehead atoms. The Morgan fingerprint density at radius 3 is 2.16 bits per heavy atom. The van der Waals surface area contributed by atoms with E-state index in [1.807, 2.05) is 31.2 Å². The van der Waals surface area contributed by atoms with Crippen LogP contribution in [0.5, 0.6) is 0 Å². The van der Waals surface area contributed by atoms with Gasteiger partial charge in [-0.15, -0.1) is 10.2 Å². The Morgan fingerprint density at radius 2 is 1.52 bits per heavy atom. The van der Waals surface area contributed by atoms with Crippen molar-refractivity contribution in [3.8, 4) is 0 Å². The van der Waals surface area contributed by atoms with Gasteiger partial charge in [-0.05, 0) is 55.0 Å². The van der Waals surface area contributed by atoms with Crippen molar-refractivity contribution >= 4 is 27.3 Å². The maximum atomic E-state index is 12.9. The summed E-state index contributed by atoms with van der Waals surface area (Å²) in [6, 6.07) is 15.3. The Hall–Kier alpha value is -3.00. The van der Waals surface area contributed by atoms with Gasteiger partial charge in [-0.2, -0.15) is 0 Å². The number of rotatable bonds is 5. The van der Waals surface area contributed by atoms with Crippen LogP contribution in [0.3, 0.4) is 0 Å². The number of hydrogen-bond acceptors (Lipinski definition) is 5. The van der Waals surface area contributed by atoms with Gasteiger partial charge in [0.2, 0.25) is 0 Å². The normalized spacial score (nSPS) is 11.1. The largest absolute Gasteiger partial charge is 0.339 e. The van der Waals surface area contributed by atoms with Gasteiger partial charge in [0.15, 0.2) is 11.6 Å². The van der Waals surface area contributed by atoms with E-state index in [-0.39, 0.29) is 10.7 Å². The summed E-state index contributed by atoms with van der Waals surface area (Å²) in [6.45, 7) is 1.96. The lowest BCUT2D eigenvalue weighted by Crippen LogP contribution is -2.14. The Morgan fingerprint density at radius 1 is 0.880 bits per heavy atom. The van der Waals surface area contributed by atoms with Crippen LogP contribution in [0.25, 0.3) is 0 Å². The number of aromatic nitrogens is 2. The maximum absolute atomic E-state index is 12.9. The molecule has 0 atom stereocenters. The van der Waals surface area contributed by atoms with Crippen molar-refractivity contribution in [2.75, 3.05) is 10.0 Å². The van der Waals surface area contributed by atoms with Gasteiger partial charge in [-0.1, -0.05) is 18.2 Å². The highest BCUT2D eigenvalue weighted by atomic mass is 32.2. The van der Waals surface area contributed by atoms with Crippen LogP contribution < -0.4 is 10.0 Å². The van der Waals surface area contributed by atoms with Crippen molar-refractivity contribution in [1.29, 1.82) is 0 Å². The first kappa shape index (κ1) is 16.8. The van der Waals surface area contributed by atoms with Gasteiger partial charge in [-0.25, -0.2) is 12.8 Å². The molecule has 0 saturated carbocycles. The van der Waals surface area contributed by atoms with E-state index < -0.39 is 15.8 Å². The lowest BCUT2D eigenvalue weighted by Gasteiger charge is -2.09. The van der Waals surface area contributed by atoms with Crippen molar-refractivity contribution in [2.45, 2.75) is 11.8 Å². The molecule has 2 aromatic carbocycles. The molecular weight excluding hydrogens is 343 g/mol. The number of anilines is 3. The highest BCUT2D eigenvalue weighted by Gasteiger charge is 2.15. The van der Waals surface area contributed by atoms with E-state index in [1.54, 1.807) is 6.07 Å². The maximum Gasteiger partial charge on any atom is 0.263 e. The zero-order valence-corrected chi connectivity index (χ0v) is 14.1. The Kier molecular flexibility index (Phi) is 4.62. The third-order valence-corrected chi connectivity index (χ3v) is 4.81. The van der Waals surface area contributed by atoms with E-state index in [1.165, 1.54) is 18.2 Å². The molecule has 0 unspecified atom stereocenters. The molecule has 6 nitrogen and oxygen atoms in total. The lowest BCUT2D eigenvalue weighted by molar-refractivity contribution is 0.599. The summed E-state index contributed by atoms with van der Waals surface area (Å²) >= 11 is 0. The van der Waals surface area contributed by atoms with Crippen LogP contribution in [0.4, 0.5) is 21.7 Å². The highest BCUT2D eigenvalue weighted by Crippen LogP contribution is 2.19. The number of nitrogens with zero attached hydrogens (tertiary/aromatic N) is 2. The Bertz CT molecular complexity index is 974. The van der Waals surface area contributed by atoms with Crippen LogP contribution in [0.1, 0.15) is 5.56 Å². The summed E-state index contributed by atoms with van der Waals surface area (Å²) in [5.41, 5.74) is 1.93. The van der Waals surface area contributed by atoms with Crippen molar-refractivity contribution in [1.82, 2.24) is 10.2 Å². The van der Waals surface area contributed by atoms with Gasteiger partial charge >= 0.3 is 0 Å². The van der Waals surface area contributed by atoms with E-state index in [0.29, 0.717) is 5.82 Å². The van der Waals surface area contributed by atoms with Crippen molar-refractivity contribution in [2.24, 2.45) is 0 Å². The summed E-state index contributed by atoms with van der Waals surface area (Å²) in [5.74, 6) is 0.0454. The van der Waals surface area contributed by atoms with Crippen molar-refractivity contribution < 1.29 is 12.8 Å². The van der Waals surface area contributed by atoms with Gasteiger partial charge in [0.25, 0.3) is 10.0 Å². The molecular formula is C17H15FN4O2S. The number of aryl methyl sites for hydroxylation is 1. The summed E-state index contributed by atoms with van der Waals surface area (Å²) in [7, 11) is -3.85. The van der Waals surface area contributed by atoms with Crippen LogP contribution in [0.15, 0.2) is 65.6 Å². The third-order valence-electron chi connectivity index (χ3n) is 3.44. The first-order valence-corrected chi connectivity index (χ1v) is 8.87. The molecule has 0 amide bonds. The minimum atomic E-state index is -3.85. The first-order valence-electron chi connectivity index (χ1n) is 7.39. The number of sulfonamides is 1. The lowest BCUT2D eigenvalue weighted by atomic mass is 10.2. The predicted octanol–water partition coefficient (Wildman–Crippen LogP) is 3.47. The minimum Gasteiger partial charge on any atom is -0.339 e. The fourth-order valence-corrected chi connectivity index (χ4v) is 3.11. The molecule has 0 spiro atoms. The molecule has 1 aromatic heterocycles. The van der Waals surface area contributed by atoms with Crippen molar-refractivity contribution in [3.05, 3.63) is 72.0 Å². The summed E-state index contributed by atoms with van der Waals surface area (Å²) in [5, 5.41) is 10.9. The number of nitrogens with one attached hydrogen (secondary N) is 2. The fourth-order valence-electron chi connectivity index (χ4n) is 2.11. The standard InChI is InChI=1S/C17H15FN4O2S/c1-12-4-2-3-5-15(12)19-16-10-11-17(21-20-16)22-25(23,24)14-8-6-13(18)7-9-14/h2-11H,1H3,(H,19,20)(H,21,22). The molecule has 1 heterocycles. The van der Waals surface area contributed by atoms with Crippen LogP contribution in [0.2, 0.25) is 0 Å². The molecule has 8 heteroatoms. The topological polar surface area (TPSA) is 84.0 Å². The molecule has 0 aliphatic carbocycles. The fraction of sp³-hybridized carbons (Fsp3) is 0.0588. The molecule has 3 rings (SSSR count). The molecule has 25 heavy (non-hydrogen) atoms. The molecule has 3 aromatic rings. The smallest absolute Gasteiger partial charge is 0.263 e. The monoisotopic (exact) mass is 358 g/mol. The average Bonchev–Trinajstić information content (AvgIpc) is 2.59. The van der Waals surface area contributed by atoms with Crippen LogP contribution in [0, 0.1) is 12.7 Å². The third kappa shape index (κ3) is 4.10. The SMILES string of the molecule is Cc1ccccc1Nc1ccc(NS(=O)(=O)c2ccc(F)cc2)nn1. The van der Waals surface area contributed by atoms with E-state index in [4.69, 9.17) is 0 Å². The van der Waals surface area contributed by atoms with E-state index >= 15 is 0 Å². The molecule has 0 aliphatic rings. The van der Waals surface area contributed by atoms with E-state index in [0.717, 1.165) is 23.4 Å². The summed E-state index contributed by atoms with van der Waals surface area (Å²) in [4.78, 5) is -0.0576. The number of benzene rings is 2. The number of para-hydroxylation sites is 1. The van der Waals surface area contributed by atoms with Gasteiger partial charge in [0.1, 0.15) is 5.82 Å². The predicted molar refractivity (Wildman–Crippen MR) is 93.7 cm³/mol. The molecule has 0 fully saturated rings. The van der Waals surface area contributed by atoms with Crippen LogP contribution in [-0.2, 0) is 10.0 Å². The second kappa shape index (κ2) is 6.86. The quantitative estimate of drug-likeness (QED) is 0.730. The number of halogens is 1. The molecule has 0 aliphatic heterocycles. The molecule has 128 valence electrons. The van der Waals surface area contributed by atoms with E-state index in [2.05, 4.69) is 20.2 Å². The molecule has 2 N–H and O–H groups in total. The second-order valence-corrected chi connectivity index (χ2v) is 6.99. The second-order valence-electron chi connectivity index (χ2n) is 5.30. The average molecular weight is 358 g/mol. The first-order chi connectivity index (χ1) is 11.9. The number of hydrogen-bond donors (Lipinski definition) is 2. The van der Waals surface area contributed by atoms with Crippen LogP contribution >= 0.6 is 0 Å².